The Balaban J connectivity index is 2.06. The number of hydrogen-bond donors (Lipinski definition) is 1. The fraction of sp³-hybridized carbons (Fsp3) is 0.923. The van der Waals surface area contributed by atoms with Gasteiger partial charge >= 0.3 is 5.97 Å². The molecular weight excluding hydrogens is 218 g/mol. The third-order valence-electron chi connectivity index (χ3n) is 3.76. The lowest BCUT2D eigenvalue weighted by Gasteiger charge is -2.39. The van der Waals surface area contributed by atoms with E-state index in [4.69, 9.17) is 9.47 Å². The van der Waals surface area contributed by atoms with Crippen molar-refractivity contribution in [1.82, 2.24) is 5.32 Å². The van der Waals surface area contributed by atoms with Crippen LogP contribution in [0.5, 0.6) is 0 Å². The van der Waals surface area contributed by atoms with Gasteiger partial charge in [-0.05, 0) is 39.0 Å². The molecule has 0 aliphatic heterocycles. The second-order valence-electron chi connectivity index (χ2n) is 5.18. The number of esters is 1. The Hall–Kier alpha value is -0.610. The van der Waals surface area contributed by atoms with Crippen LogP contribution in [0.3, 0.4) is 0 Å². The largest absolute Gasteiger partial charge is 0.465 e. The SMILES string of the molecule is CCOC(=O)C1(NC2CC2)CCCC(OC)C1. The summed E-state index contributed by atoms with van der Waals surface area (Å²) in [5.74, 6) is -0.0892. The highest BCUT2D eigenvalue weighted by Crippen LogP contribution is 2.34. The Morgan fingerprint density at radius 2 is 2.18 bits per heavy atom. The van der Waals surface area contributed by atoms with E-state index >= 15 is 0 Å². The second kappa shape index (κ2) is 5.36. The van der Waals surface area contributed by atoms with Gasteiger partial charge in [-0.25, -0.2) is 0 Å². The van der Waals surface area contributed by atoms with Gasteiger partial charge in [0, 0.05) is 19.6 Å². The van der Waals surface area contributed by atoms with Gasteiger partial charge in [-0.15, -0.1) is 0 Å². The molecule has 17 heavy (non-hydrogen) atoms. The van der Waals surface area contributed by atoms with Crippen LogP contribution < -0.4 is 5.32 Å². The molecule has 0 amide bonds. The van der Waals surface area contributed by atoms with Crippen LogP contribution in [0.25, 0.3) is 0 Å². The van der Waals surface area contributed by atoms with Gasteiger partial charge in [0.05, 0.1) is 12.7 Å². The number of hydrogen-bond acceptors (Lipinski definition) is 4. The summed E-state index contributed by atoms with van der Waals surface area (Å²) in [6, 6.07) is 0.509. The van der Waals surface area contributed by atoms with E-state index in [0.29, 0.717) is 12.6 Å². The van der Waals surface area contributed by atoms with Crippen LogP contribution in [0, 0.1) is 0 Å². The third-order valence-corrected chi connectivity index (χ3v) is 3.76. The van der Waals surface area contributed by atoms with Crippen molar-refractivity contribution in [3.63, 3.8) is 0 Å². The van der Waals surface area contributed by atoms with Crippen LogP contribution in [0.2, 0.25) is 0 Å². The number of ether oxygens (including phenoxy) is 2. The standard InChI is InChI=1S/C13H23NO3/c1-3-17-12(15)13(14-10-6-7-10)8-4-5-11(9-13)16-2/h10-11,14H,3-9H2,1-2H3. The Kier molecular flexibility index (Phi) is 4.05. The third kappa shape index (κ3) is 2.99. The van der Waals surface area contributed by atoms with Crippen LogP contribution in [-0.2, 0) is 14.3 Å². The van der Waals surface area contributed by atoms with Gasteiger partial charge < -0.3 is 9.47 Å². The molecule has 0 bridgehead atoms. The molecule has 0 aromatic carbocycles. The molecule has 0 heterocycles. The van der Waals surface area contributed by atoms with Crippen molar-refractivity contribution in [3.8, 4) is 0 Å². The van der Waals surface area contributed by atoms with E-state index < -0.39 is 5.54 Å². The number of carbonyl (C=O) groups is 1. The maximum Gasteiger partial charge on any atom is 0.326 e. The summed E-state index contributed by atoms with van der Waals surface area (Å²) in [7, 11) is 1.73. The minimum absolute atomic E-state index is 0.0892. The fourth-order valence-corrected chi connectivity index (χ4v) is 2.69. The molecule has 2 aliphatic carbocycles. The summed E-state index contributed by atoms with van der Waals surface area (Å²) in [5, 5.41) is 3.50. The quantitative estimate of drug-likeness (QED) is 0.743. The maximum atomic E-state index is 12.2. The number of carbonyl (C=O) groups excluding carboxylic acids is 1. The van der Waals surface area contributed by atoms with E-state index in [2.05, 4.69) is 5.32 Å². The van der Waals surface area contributed by atoms with Crippen LogP contribution >= 0.6 is 0 Å². The van der Waals surface area contributed by atoms with Gasteiger partial charge in [-0.3, -0.25) is 10.1 Å². The molecule has 0 aromatic heterocycles. The first-order valence-corrected chi connectivity index (χ1v) is 6.68. The maximum absolute atomic E-state index is 12.2. The van der Waals surface area contributed by atoms with E-state index in [-0.39, 0.29) is 12.1 Å². The topological polar surface area (TPSA) is 47.6 Å². The highest BCUT2D eigenvalue weighted by atomic mass is 16.5. The van der Waals surface area contributed by atoms with Crippen LogP contribution in [-0.4, -0.2) is 37.4 Å². The second-order valence-corrected chi connectivity index (χ2v) is 5.18. The molecule has 0 spiro atoms. The van der Waals surface area contributed by atoms with E-state index in [0.717, 1.165) is 25.7 Å². The summed E-state index contributed by atoms with van der Waals surface area (Å²) in [6.07, 6.45) is 6.24. The van der Waals surface area contributed by atoms with Crippen LogP contribution in [0.4, 0.5) is 0 Å². The van der Waals surface area contributed by atoms with E-state index in [1.807, 2.05) is 6.92 Å². The summed E-state index contributed by atoms with van der Waals surface area (Å²) < 4.78 is 10.7. The minimum Gasteiger partial charge on any atom is -0.465 e. The Labute approximate surface area is 103 Å². The molecule has 2 aliphatic rings. The molecule has 98 valence electrons. The minimum atomic E-state index is -0.490. The molecule has 2 atom stereocenters. The first kappa shape index (κ1) is 12.8. The summed E-state index contributed by atoms with van der Waals surface area (Å²) in [5.41, 5.74) is -0.490. The number of rotatable bonds is 5. The molecule has 0 aromatic rings. The lowest BCUT2D eigenvalue weighted by Crippen LogP contribution is -2.57. The number of methoxy groups -OCH3 is 1. The molecule has 1 N–H and O–H groups in total. The average molecular weight is 241 g/mol. The van der Waals surface area contributed by atoms with Crippen molar-refractivity contribution in [3.05, 3.63) is 0 Å². The highest BCUT2D eigenvalue weighted by Gasteiger charge is 2.46. The molecule has 2 saturated carbocycles. The molecule has 2 rings (SSSR count). The predicted molar refractivity (Wildman–Crippen MR) is 64.8 cm³/mol. The lowest BCUT2D eigenvalue weighted by atomic mass is 9.79. The van der Waals surface area contributed by atoms with Gasteiger partial charge in [-0.2, -0.15) is 0 Å². The van der Waals surface area contributed by atoms with Crippen molar-refractivity contribution in [1.29, 1.82) is 0 Å². The van der Waals surface area contributed by atoms with Crippen molar-refractivity contribution in [2.75, 3.05) is 13.7 Å². The normalized spacial score (nSPS) is 33.4. The lowest BCUT2D eigenvalue weighted by molar-refractivity contribution is -0.155. The molecule has 0 saturated heterocycles. The predicted octanol–water partition coefficient (Wildman–Crippen LogP) is 1.63. The molecule has 2 fully saturated rings. The van der Waals surface area contributed by atoms with Crippen molar-refractivity contribution in [2.24, 2.45) is 0 Å². The smallest absolute Gasteiger partial charge is 0.326 e. The summed E-state index contributed by atoms with van der Waals surface area (Å²) in [6.45, 7) is 2.31. The molecule has 2 unspecified atom stereocenters. The zero-order valence-corrected chi connectivity index (χ0v) is 10.8. The zero-order valence-electron chi connectivity index (χ0n) is 10.8. The van der Waals surface area contributed by atoms with Crippen molar-refractivity contribution in [2.45, 2.75) is 63.1 Å². The van der Waals surface area contributed by atoms with E-state index in [1.165, 1.54) is 12.8 Å². The monoisotopic (exact) mass is 241 g/mol. The Morgan fingerprint density at radius 3 is 2.76 bits per heavy atom. The molecule has 0 radical (unpaired) electrons. The van der Waals surface area contributed by atoms with Crippen molar-refractivity contribution >= 4 is 5.97 Å². The fourth-order valence-electron chi connectivity index (χ4n) is 2.69. The Morgan fingerprint density at radius 1 is 1.41 bits per heavy atom. The Bertz CT molecular complexity index is 278. The van der Waals surface area contributed by atoms with Crippen molar-refractivity contribution < 1.29 is 14.3 Å². The molecule has 4 nitrogen and oxygen atoms in total. The first-order chi connectivity index (χ1) is 8.20. The van der Waals surface area contributed by atoms with E-state index in [9.17, 15) is 4.79 Å². The van der Waals surface area contributed by atoms with Gasteiger partial charge in [0.25, 0.3) is 0 Å². The first-order valence-electron chi connectivity index (χ1n) is 6.68. The van der Waals surface area contributed by atoms with E-state index in [1.54, 1.807) is 7.11 Å². The van der Waals surface area contributed by atoms with Crippen LogP contribution in [0.15, 0.2) is 0 Å². The summed E-state index contributed by atoms with van der Waals surface area (Å²) in [4.78, 5) is 12.2. The van der Waals surface area contributed by atoms with Gasteiger partial charge in [-0.1, -0.05) is 0 Å². The highest BCUT2D eigenvalue weighted by molar-refractivity contribution is 5.81. The summed E-state index contributed by atoms with van der Waals surface area (Å²) >= 11 is 0. The number of nitrogens with one attached hydrogen (secondary N) is 1. The van der Waals surface area contributed by atoms with Gasteiger partial charge in [0.1, 0.15) is 5.54 Å². The van der Waals surface area contributed by atoms with Gasteiger partial charge in [0.15, 0.2) is 0 Å². The average Bonchev–Trinajstić information content (AvgIpc) is 3.13. The van der Waals surface area contributed by atoms with Crippen LogP contribution in [0.1, 0.15) is 45.4 Å². The molecule has 4 heteroatoms. The van der Waals surface area contributed by atoms with Gasteiger partial charge in [0.2, 0.25) is 0 Å². The zero-order chi connectivity index (χ0) is 12.3. The molecular formula is C13H23NO3.